The van der Waals surface area contributed by atoms with Crippen LogP contribution in [0.3, 0.4) is 0 Å². The Balaban J connectivity index is 1.82. The summed E-state index contributed by atoms with van der Waals surface area (Å²) < 4.78 is 40.4. The molecule has 0 fully saturated rings. The van der Waals surface area contributed by atoms with Crippen LogP contribution >= 0.6 is 11.8 Å². The van der Waals surface area contributed by atoms with Crippen LogP contribution in [0.5, 0.6) is 0 Å². The van der Waals surface area contributed by atoms with Crippen molar-refractivity contribution in [3.8, 4) is 11.3 Å². The van der Waals surface area contributed by atoms with E-state index < -0.39 is 23.9 Å². The highest BCUT2D eigenvalue weighted by Crippen LogP contribution is 2.31. The van der Waals surface area contributed by atoms with Gasteiger partial charge >= 0.3 is 6.18 Å². The molecule has 0 bridgehead atoms. The molecular formula is C18H16F3N5OS. The minimum atomic E-state index is -4.43. The Morgan fingerprint density at radius 1 is 1.14 bits per heavy atom. The molecule has 1 aromatic carbocycles. The van der Waals surface area contributed by atoms with E-state index in [1.807, 2.05) is 0 Å². The van der Waals surface area contributed by atoms with Gasteiger partial charge in [0, 0.05) is 12.4 Å². The molecule has 6 nitrogen and oxygen atoms in total. The van der Waals surface area contributed by atoms with Crippen LogP contribution < -0.4 is 5.32 Å². The molecule has 0 aliphatic heterocycles. The fraction of sp³-hybridized carbons (Fsp3) is 0.222. The number of nitrogens with one attached hydrogen (secondary N) is 1. The first-order chi connectivity index (χ1) is 13.3. The van der Waals surface area contributed by atoms with Crippen LogP contribution in [0.25, 0.3) is 11.3 Å². The van der Waals surface area contributed by atoms with Gasteiger partial charge in [0.1, 0.15) is 6.54 Å². The Hall–Kier alpha value is -2.88. The van der Waals surface area contributed by atoms with Crippen LogP contribution in [-0.2, 0) is 11.3 Å². The number of anilines is 1. The first-order valence-electron chi connectivity index (χ1n) is 8.26. The monoisotopic (exact) mass is 407 g/mol. The number of benzene rings is 1. The van der Waals surface area contributed by atoms with E-state index in [1.165, 1.54) is 18.6 Å². The summed E-state index contributed by atoms with van der Waals surface area (Å²) >= 11 is 0.938. The van der Waals surface area contributed by atoms with Crippen molar-refractivity contribution in [2.45, 2.75) is 30.1 Å². The minimum absolute atomic E-state index is 0.104. The number of amides is 1. The number of rotatable bonds is 6. The molecule has 146 valence electrons. The second-order valence-electron chi connectivity index (χ2n) is 5.82. The maximum absolute atomic E-state index is 13.1. The molecule has 2 aromatic heterocycles. The molecule has 1 atom stereocenters. The van der Waals surface area contributed by atoms with E-state index in [1.54, 1.807) is 43.3 Å². The van der Waals surface area contributed by atoms with Gasteiger partial charge in [-0.2, -0.15) is 13.2 Å². The summed E-state index contributed by atoms with van der Waals surface area (Å²) in [4.78, 5) is 24.2. The highest BCUT2D eigenvalue weighted by molar-refractivity contribution is 8.00. The van der Waals surface area contributed by atoms with Gasteiger partial charge in [-0.05, 0) is 18.6 Å². The zero-order chi connectivity index (χ0) is 20.1. The molecule has 0 aliphatic carbocycles. The molecule has 10 heteroatoms. The summed E-state index contributed by atoms with van der Waals surface area (Å²) in [5, 5.41) is 1.92. The lowest BCUT2D eigenvalue weighted by Gasteiger charge is -2.16. The molecular weight excluding hydrogens is 391 g/mol. The number of nitrogens with zero attached hydrogens (tertiary/aromatic N) is 4. The standard InChI is InChI=1S/C18H16F3N5OS/c1-12(15(27)25-16-22-8-5-9-23-16)28-17-24-10-14(13-6-3-2-4-7-13)26(17)11-18(19,20)21/h2-10,12H,11H2,1H3,(H,22,23,25,27). The van der Waals surface area contributed by atoms with Crippen LogP contribution in [0, 0.1) is 0 Å². The predicted molar refractivity (Wildman–Crippen MR) is 99.7 cm³/mol. The van der Waals surface area contributed by atoms with Gasteiger partial charge in [-0.25, -0.2) is 15.0 Å². The Bertz CT molecular complexity index is 931. The van der Waals surface area contributed by atoms with Gasteiger partial charge in [0.15, 0.2) is 5.16 Å². The average molecular weight is 407 g/mol. The SMILES string of the molecule is CC(Sc1ncc(-c2ccccc2)n1CC(F)(F)F)C(=O)Nc1ncccn1. The van der Waals surface area contributed by atoms with Gasteiger partial charge < -0.3 is 4.57 Å². The zero-order valence-electron chi connectivity index (χ0n) is 14.7. The molecule has 0 saturated heterocycles. The van der Waals surface area contributed by atoms with Crippen LogP contribution in [0.1, 0.15) is 6.92 Å². The van der Waals surface area contributed by atoms with Crippen LogP contribution in [0.15, 0.2) is 60.1 Å². The van der Waals surface area contributed by atoms with Gasteiger partial charge in [0.2, 0.25) is 11.9 Å². The Morgan fingerprint density at radius 2 is 1.82 bits per heavy atom. The van der Waals surface area contributed by atoms with Crippen molar-refractivity contribution in [1.82, 2.24) is 19.5 Å². The predicted octanol–water partition coefficient (Wildman–Crippen LogP) is 4.02. The van der Waals surface area contributed by atoms with Crippen molar-refractivity contribution in [3.63, 3.8) is 0 Å². The van der Waals surface area contributed by atoms with Crippen LogP contribution in [0.4, 0.5) is 19.1 Å². The summed E-state index contributed by atoms with van der Waals surface area (Å²) in [7, 11) is 0. The molecule has 1 N–H and O–H groups in total. The number of alkyl halides is 3. The summed E-state index contributed by atoms with van der Waals surface area (Å²) in [6, 6.07) is 10.3. The number of carbonyl (C=O) groups is 1. The lowest BCUT2D eigenvalue weighted by molar-refractivity contribution is -0.141. The Kier molecular flexibility index (Phi) is 5.98. The molecule has 3 aromatic rings. The number of halogens is 3. The quantitative estimate of drug-likeness (QED) is 0.625. The summed E-state index contributed by atoms with van der Waals surface area (Å²) in [6.45, 7) is 0.382. The van der Waals surface area contributed by atoms with E-state index in [-0.39, 0.29) is 11.1 Å². The molecule has 28 heavy (non-hydrogen) atoms. The number of hydrogen-bond donors (Lipinski definition) is 1. The number of aromatic nitrogens is 4. The third kappa shape index (κ3) is 5.10. The van der Waals surface area contributed by atoms with E-state index in [4.69, 9.17) is 0 Å². The summed E-state index contributed by atoms with van der Waals surface area (Å²) in [5.74, 6) is -0.303. The third-order valence-corrected chi connectivity index (χ3v) is 4.78. The lowest BCUT2D eigenvalue weighted by atomic mass is 10.2. The summed E-state index contributed by atoms with van der Waals surface area (Å²) in [5.41, 5.74) is 0.945. The topological polar surface area (TPSA) is 72.7 Å². The van der Waals surface area contributed by atoms with Gasteiger partial charge in [-0.3, -0.25) is 10.1 Å². The first-order valence-corrected chi connectivity index (χ1v) is 9.14. The first kappa shape index (κ1) is 19.9. The molecule has 0 aliphatic rings. The van der Waals surface area contributed by atoms with Crippen LogP contribution in [0.2, 0.25) is 0 Å². The average Bonchev–Trinajstić information content (AvgIpc) is 3.03. The van der Waals surface area contributed by atoms with E-state index in [0.29, 0.717) is 11.3 Å². The van der Waals surface area contributed by atoms with E-state index in [9.17, 15) is 18.0 Å². The number of hydrogen-bond acceptors (Lipinski definition) is 5. The van der Waals surface area contributed by atoms with Gasteiger partial charge in [-0.15, -0.1) is 0 Å². The van der Waals surface area contributed by atoms with Crippen molar-refractivity contribution in [2.75, 3.05) is 5.32 Å². The number of imidazole rings is 1. The second-order valence-corrected chi connectivity index (χ2v) is 7.12. The van der Waals surface area contributed by atoms with Crippen molar-refractivity contribution in [3.05, 3.63) is 55.0 Å². The smallest absolute Gasteiger partial charge is 0.310 e. The number of thioether (sulfide) groups is 1. The van der Waals surface area contributed by atoms with Gasteiger partial charge in [0.05, 0.1) is 17.1 Å². The molecule has 3 rings (SSSR count). The molecule has 1 amide bonds. The Morgan fingerprint density at radius 3 is 2.46 bits per heavy atom. The van der Waals surface area contributed by atoms with Crippen molar-refractivity contribution in [1.29, 1.82) is 0 Å². The van der Waals surface area contributed by atoms with Gasteiger partial charge in [-0.1, -0.05) is 42.1 Å². The lowest BCUT2D eigenvalue weighted by Crippen LogP contribution is -2.25. The highest BCUT2D eigenvalue weighted by Gasteiger charge is 2.31. The maximum atomic E-state index is 13.1. The normalized spacial score (nSPS) is 12.6. The molecule has 0 radical (unpaired) electrons. The van der Waals surface area contributed by atoms with E-state index >= 15 is 0 Å². The largest absolute Gasteiger partial charge is 0.406 e. The molecule has 0 spiro atoms. The third-order valence-electron chi connectivity index (χ3n) is 3.68. The van der Waals surface area contributed by atoms with Crippen LogP contribution in [-0.4, -0.2) is 36.9 Å². The Labute approximate surface area is 163 Å². The maximum Gasteiger partial charge on any atom is 0.406 e. The summed E-state index contributed by atoms with van der Waals surface area (Å²) in [6.07, 6.45) is -0.0948. The number of carbonyl (C=O) groups excluding carboxylic acids is 1. The van der Waals surface area contributed by atoms with E-state index in [0.717, 1.165) is 16.3 Å². The van der Waals surface area contributed by atoms with Gasteiger partial charge in [0.25, 0.3) is 0 Å². The fourth-order valence-electron chi connectivity index (χ4n) is 2.41. The van der Waals surface area contributed by atoms with Crippen molar-refractivity contribution >= 4 is 23.6 Å². The van der Waals surface area contributed by atoms with E-state index in [2.05, 4.69) is 20.3 Å². The van der Waals surface area contributed by atoms with Crippen molar-refractivity contribution in [2.24, 2.45) is 0 Å². The zero-order valence-corrected chi connectivity index (χ0v) is 15.5. The van der Waals surface area contributed by atoms with Crippen molar-refractivity contribution < 1.29 is 18.0 Å². The molecule has 0 saturated carbocycles. The molecule has 1 unspecified atom stereocenters. The highest BCUT2D eigenvalue weighted by atomic mass is 32.2. The molecule has 2 heterocycles. The second kappa shape index (κ2) is 8.42. The minimum Gasteiger partial charge on any atom is -0.310 e. The fourth-order valence-corrected chi connectivity index (χ4v) is 3.30.